The number of hydrogen-bond donors (Lipinski definition) is 2. The summed E-state index contributed by atoms with van der Waals surface area (Å²) in [7, 11) is 0. The van der Waals surface area contributed by atoms with Gasteiger partial charge in [0.15, 0.2) is 0 Å². The molecule has 2 rings (SSSR count). The minimum absolute atomic E-state index is 0.113. The zero-order chi connectivity index (χ0) is 13.2. The molecule has 1 heterocycles. The van der Waals surface area contributed by atoms with E-state index in [4.69, 9.17) is 9.84 Å². The van der Waals surface area contributed by atoms with Gasteiger partial charge in [-0.05, 0) is 31.0 Å². The average molecular weight is 249 g/mol. The van der Waals surface area contributed by atoms with E-state index >= 15 is 0 Å². The Morgan fingerprint density at radius 2 is 2.28 bits per heavy atom. The lowest BCUT2D eigenvalue weighted by Crippen LogP contribution is -2.24. The molecule has 0 fully saturated rings. The average Bonchev–Trinajstić information content (AvgIpc) is 2.57. The number of hydrogen-bond acceptors (Lipinski definition) is 3. The zero-order valence-corrected chi connectivity index (χ0v) is 10.8. The van der Waals surface area contributed by atoms with Crippen LogP contribution in [0, 0.1) is 0 Å². The standard InChI is InChI=1S/C14H19NO3/c1-14(2)8-11-7-10(3-4-12(11)18-14)9-15-6-5-13(16)17/h3-4,7,15H,5-6,8-9H2,1-2H3,(H,16,17). The fourth-order valence-corrected chi connectivity index (χ4v) is 2.20. The number of carbonyl (C=O) groups is 1. The van der Waals surface area contributed by atoms with Crippen molar-refractivity contribution in [3.05, 3.63) is 29.3 Å². The molecule has 1 aromatic rings. The van der Waals surface area contributed by atoms with Gasteiger partial charge < -0.3 is 15.2 Å². The SMILES string of the molecule is CC1(C)Cc2cc(CNCCC(=O)O)ccc2O1. The predicted octanol–water partition coefficient (Wildman–Crippen LogP) is 1.96. The van der Waals surface area contributed by atoms with Crippen molar-refractivity contribution in [1.82, 2.24) is 5.32 Å². The predicted molar refractivity (Wildman–Crippen MR) is 68.8 cm³/mol. The maximum absolute atomic E-state index is 10.4. The van der Waals surface area contributed by atoms with Gasteiger partial charge in [0.05, 0.1) is 6.42 Å². The van der Waals surface area contributed by atoms with Crippen LogP contribution in [0.3, 0.4) is 0 Å². The van der Waals surface area contributed by atoms with Gasteiger partial charge in [-0.1, -0.05) is 12.1 Å². The minimum atomic E-state index is -0.772. The van der Waals surface area contributed by atoms with Gasteiger partial charge >= 0.3 is 5.97 Å². The lowest BCUT2D eigenvalue weighted by atomic mass is 10.0. The first kappa shape index (κ1) is 12.9. The van der Waals surface area contributed by atoms with Crippen LogP contribution in [-0.2, 0) is 17.8 Å². The van der Waals surface area contributed by atoms with Crippen LogP contribution < -0.4 is 10.1 Å². The number of ether oxygens (including phenoxy) is 1. The molecule has 1 aliphatic rings. The topological polar surface area (TPSA) is 58.6 Å². The van der Waals surface area contributed by atoms with Crippen molar-refractivity contribution in [3.63, 3.8) is 0 Å². The summed E-state index contributed by atoms with van der Waals surface area (Å²) in [5.74, 6) is 0.195. The van der Waals surface area contributed by atoms with Crippen LogP contribution in [0.5, 0.6) is 5.75 Å². The van der Waals surface area contributed by atoms with Crippen molar-refractivity contribution < 1.29 is 14.6 Å². The molecule has 0 spiro atoms. The van der Waals surface area contributed by atoms with Gasteiger partial charge in [-0.25, -0.2) is 0 Å². The number of aliphatic carboxylic acids is 1. The van der Waals surface area contributed by atoms with E-state index in [2.05, 4.69) is 25.2 Å². The molecular weight excluding hydrogens is 230 g/mol. The van der Waals surface area contributed by atoms with Gasteiger partial charge in [0.25, 0.3) is 0 Å². The van der Waals surface area contributed by atoms with Crippen LogP contribution >= 0.6 is 0 Å². The Morgan fingerprint density at radius 1 is 1.50 bits per heavy atom. The van der Waals surface area contributed by atoms with Gasteiger partial charge in [-0.3, -0.25) is 4.79 Å². The highest BCUT2D eigenvalue weighted by molar-refractivity contribution is 5.66. The summed E-state index contributed by atoms with van der Waals surface area (Å²) in [6.07, 6.45) is 1.08. The Morgan fingerprint density at radius 3 is 3.00 bits per heavy atom. The van der Waals surface area contributed by atoms with Crippen LogP contribution in [0.15, 0.2) is 18.2 Å². The molecule has 18 heavy (non-hydrogen) atoms. The van der Waals surface area contributed by atoms with Crippen molar-refractivity contribution in [2.75, 3.05) is 6.54 Å². The molecule has 0 aromatic heterocycles. The van der Waals surface area contributed by atoms with E-state index in [1.807, 2.05) is 12.1 Å². The third-order valence-electron chi connectivity index (χ3n) is 2.97. The van der Waals surface area contributed by atoms with Gasteiger partial charge in [0.1, 0.15) is 11.4 Å². The first-order valence-corrected chi connectivity index (χ1v) is 6.20. The highest BCUT2D eigenvalue weighted by Crippen LogP contribution is 2.35. The summed E-state index contributed by atoms with van der Waals surface area (Å²) in [6, 6.07) is 6.16. The molecule has 0 atom stereocenters. The van der Waals surface area contributed by atoms with Gasteiger partial charge in [0.2, 0.25) is 0 Å². The zero-order valence-electron chi connectivity index (χ0n) is 10.8. The third kappa shape index (κ3) is 3.23. The fraction of sp³-hybridized carbons (Fsp3) is 0.500. The first-order chi connectivity index (χ1) is 8.46. The number of rotatable bonds is 5. The number of nitrogens with one attached hydrogen (secondary N) is 1. The Hall–Kier alpha value is -1.55. The smallest absolute Gasteiger partial charge is 0.304 e. The largest absolute Gasteiger partial charge is 0.487 e. The van der Waals surface area contributed by atoms with Crippen LogP contribution in [0.4, 0.5) is 0 Å². The molecule has 0 radical (unpaired) electrons. The van der Waals surface area contributed by atoms with Crippen molar-refractivity contribution in [2.45, 2.75) is 38.8 Å². The Balaban J connectivity index is 1.91. The summed E-state index contributed by atoms with van der Waals surface area (Å²) in [6.45, 7) is 5.35. The molecule has 4 heteroatoms. The molecule has 98 valence electrons. The van der Waals surface area contributed by atoms with Crippen molar-refractivity contribution in [2.24, 2.45) is 0 Å². The molecule has 0 saturated heterocycles. The fourth-order valence-electron chi connectivity index (χ4n) is 2.20. The summed E-state index contributed by atoms with van der Waals surface area (Å²) in [4.78, 5) is 10.4. The second-order valence-corrected chi connectivity index (χ2v) is 5.30. The van der Waals surface area contributed by atoms with E-state index in [1.54, 1.807) is 0 Å². The van der Waals surface area contributed by atoms with Crippen LogP contribution in [-0.4, -0.2) is 23.2 Å². The molecule has 0 unspecified atom stereocenters. The van der Waals surface area contributed by atoms with Crippen molar-refractivity contribution in [3.8, 4) is 5.75 Å². The second-order valence-electron chi connectivity index (χ2n) is 5.30. The molecule has 2 N–H and O–H groups in total. The number of benzene rings is 1. The molecule has 0 bridgehead atoms. The molecular formula is C14H19NO3. The van der Waals surface area contributed by atoms with E-state index < -0.39 is 5.97 Å². The maximum Gasteiger partial charge on any atom is 0.304 e. The highest BCUT2D eigenvalue weighted by Gasteiger charge is 2.29. The van der Waals surface area contributed by atoms with Crippen LogP contribution in [0.1, 0.15) is 31.4 Å². The van der Waals surface area contributed by atoms with E-state index in [-0.39, 0.29) is 12.0 Å². The lowest BCUT2D eigenvalue weighted by molar-refractivity contribution is -0.136. The number of carboxylic acids is 1. The normalized spacial score (nSPS) is 16.1. The molecule has 0 saturated carbocycles. The van der Waals surface area contributed by atoms with Gasteiger partial charge in [-0.15, -0.1) is 0 Å². The van der Waals surface area contributed by atoms with Crippen molar-refractivity contribution >= 4 is 5.97 Å². The summed E-state index contributed by atoms with van der Waals surface area (Å²) < 4.78 is 5.81. The monoisotopic (exact) mass is 249 g/mol. The summed E-state index contributed by atoms with van der Waals surface area (Å²) >= 11 is 0. The number of fused-ring (bicyclic) bond motifs is 1. The lowest BCUT2D eigenvalue weighted by Gasteiger charge is -2.16. The Bertz CT molecular complexity index is 454. The van der Waals surface area contributed by atoms with E-state index in [0.717, 1.165) is 12.2 Å². The van der Waals surface area contributed by atoms with Crippen LogP contribution in [0.2, 0.25) is 0 Å². The Kier molecular flexibility index (Phi) is 3.57. The Labute approximate surface area is 107 Å². The third-order valence-corrected chi connectivity index (χ3v) is 2.97. The van der Waals surface area contributed by atoms with Crippen LogP contribution in [0.25, 0.3) is 0 Å². The first-order valence-electron chi connectivity index (χ1n) is 6.20. The molecule has 4 nitrogen and oxygen atoms in total. The maximum atomic E-state index is 10.4. The van der Waals surface area contributed by atoms with Crippen molar-refractivity contribution in [1.29, 1.82) is 0 Å². The molecule has 1 aliphatic heterocycles. The minimum Gasteiger partial charge on any atom is -0.487 e. The van der Waals surface area contributed by atoms with E-state index in [9.17, 15) is 4.79 Å². The van der Waals surface area contributed by atoms with E-state index in [1.165, 1.54) is 11.1 Å². The summed E-state index contributed by atoms with van der Waals surface area (Å²) in [5, 5.41) is 11.7. The van der Waals surface area contributed by atoms with Gasteiger partial charge in [-0.2, -0.15) is 0 Å². The highest BCUT2D eigenvalue weighted by atomic mass is 16.5. The molecule has 0 amide bonds. The quantitative estimate of drug-likeness (QED) is 0.783. The molecule has 0 aliphatic carbocycles. The van der Waals surface area contributed by atoms with E-state index in [0.29, 0.717) is 13.1 Å². The summed E-state index contributed by atoms with van der Waals surface area (Å²) in [5.41, 5.74) is 2.29. The number of carboxylic acid groups (broad SMARTS) is 1. The second kappa shape index (κ2) is 4.98. The van der Waals surface area contributed by atoms with Gasteiger partial charge in [0, 0.05) is 19.5 Å². The molecule has 1 aromatic carbocycles.